The first-order valence-electron chi connectivity index (χ1n) is 12.3. The van der Waals surface area contributed by atoms with Gasteiger partial charge in [0, 0.05) is 6.42 Å². The Balaban J connectivity index is 1.55. The smallest absolute Gasteiger partial charge is 0.186 e. The quantitative estimate of drug-likeness (QED) is 0.461. The van der Waals surface area contributed by atoms with Gasteiger partial charge in [-0.15, -0.1) is 6.58 Å². The summed E-state index contributed by atoms with van der Waals surface area (Å²) in [6, 6.07) is 0. The van der Waals surface area contributed by atoms with E-state index in [1.807, 2.05) is 6.92 Å². The molecule has 0 bridgehead atoms. The number of aliphatic hydroxyl groups is 4. The molecule has 3 fully saturated rings. The normalized spacial score (nSPS) is 50.2. The number of rotatable bonds is 5. The number of hydrogen-bond donors (Lipinski definition) is 4. The number of hydrogen-bond acceptors (Lipinski definition) is 7. The summed E-state index contributed by atoms with van der Waals surface area (Å²) in [5, 5.41) is 39.9. The molecule has 4 aliphatic rings. The van der Waals surface area contributed by atoms with Crippen LogP contribution in [0.5, 0.6) is 0 Å². The second-order valence-electron chi connectivity index (χ2n) is 11.5. The highest BCUT2D eigenvalue weighted by Crippen LogP contribution is 2.63. The number of allylic oxidation sites excluding steroid dienone is 3. The maximum Gasteiger partial charge on any atom is 0.186 e. The average Bonchev–Trinajstić information content (AvgIpc) is 2.80. The molecular formula is C26H40O7. The molecule has 5 unspecified atom stereocenters. The molecule has 7 nitrogen and oxygen atoms in total. The molecule has 1 heterocycles. The molecule has 1 aliphatic heterocycles. The Kier molecular flexibility index (Phi) is 6.71. The van der Waals surface area contributed by atoms with Gasteiger partial charge in [-0.3, -0.25) is 4.79 Å². The lowest BCUT2D eigenvalue weighted by atomic mass is 9.45. The van der Waals surface area contributed by atoms with Crippen molar-refractivity contribution in [3.63, 3.8) is 0 Å². The molecule has 0 spiro atoms. The zero-order valence-electron chi connectivity index (χ0n) is 20.1. The summed E-state index contributed by atoms with van der Waals surface area (Å²) < 4.78 is 11.4. The third-order valence-corrected chi connectivity index (χ3v) is 9.45. The van der Waals surface area contributed by atoms with Gasteiger partial charge in [0.1, 0.15) is 30.2 Å². The molecule has 1 saturated heterocycles. The monoisotopic (exact) mass is 464 g/mol. The van der Waals surface area contributed by atoms with E-state index in [9.17, 15) is 25.2 Å². The average molecular weight is 465 g/mol. The van der Waals surface area contributed by atoms with Gasteiger partial charge in [-0.1, -0.05) is 38.5 Å². The highest BCUT2D eigenvalue weighted by atomic mass is 16.7. The van der Waals surface area contributed by atoms with Crippen LogP contribution in [0.15, 0.2) is 24.3 Å². The number of ether oxygens (including phenoxy) is 2. The van der Waals surface area contributed by atoms with Crippen molar-refractivity contribution in [2.45, 2.75) is 90.0 Å². The molecule has 0 aromatic heterocycles. The number of carbonyl (C=O) groups excluding carboxylic acids is 1. The molecule has 2 saturated carbocycles. The maximum atomic E-state index is 13.3. The van der Waals surface area contributed by atoms with E-state index >= 15 is 0 Å². The van der Waals surface area contributed by atoms with E-state index < -0.39 is 42.7 Å². The molecule has 0 amide bonds. The van der Waals surface area contributed by atoms with E-state index in [-0.39, 0.29) is 29.1 Å². The Morgan fingerprint density at radius 3 is 2.58 bits per heavy atom. The minimum absolute atomic E-state index is 0.0199. The van der Waals surface area contributed by atoms with E-state index in [2.05, 4.69) is 32.6 Å². The first-order valence-corrected chi connectivity index (χ1v) is 12.3. The van der Waals surface area contributed by atoms with Crippen LogP contribution in [0.4, 0.5) is 0 Å². The lowest BCUT2D eigenvalue weighted by molar-refractivity contribution is -0.307. The van der Waals surface area contributed by atoms with Crippen molar-refractivity contribution in [1.29, 1.82) is 0 Å². The minimum Gasteiger partial charge on any atom is -0.394 e. The lowest BCUT2D eigenvalue weighted by Gasteiger charge is -2.59. The van der Waals surface area contributed by atoms with Gasteiger partial charge in [-0.05, 0) is 54.8 Å². The van der Waals surface area contributed by atoms with Gasteiger partial charge in [-0.25, -0.2) is 0 Å². The van der Waals surface area contributed by atoms with Crippen molar-refractivity contribution < 1.29 is 34.7 Å². The van der Waals surface area contributed by atoms with Crippen LogP contribution < -0.4 is 0 Å². The minimum atomic E-state index is -1.50. The fourth-order valence-corrected chi connectivity index (χ4v) is 7.10. The van der Waals surface area contributed by atoms with Gasteiger partial charge >= 0.3 is 0 Å². The second kappa shape index (κ2) is 8.85. The van der Waals surface area contributed by atoms with Crippen molar-refractivity contribution in [2.75, 3.05) is 13.2 Å². The molecule has 0 radical (unpaired) electrons. The molecule has 186 valence electrons. The number of aliphatic hydroxyl groups excluding tert-OH is 4. The van der Waals surface area contributed by atoms with Crippen LogP contribution in [0.1, 0.15) is 59.3 Å². The molecule has 0 aromatic rings. The van der Waals surface area contributed by atoms with Crippen molar-refractivity contribution in [1.82, 2.24) is 0 Å². The largest absolute Gasteiger partial charge is 0.394 e. The van der Waals surface area contributed by atoms with Gasteiger partial charge in [-0.2, -0.15) is 0 Å². The molecule has 3 aliphatic carbocycles. The van der Waals surface area contributed by atoms with Gasteiger partial charge in [0.25, 0.3) is 0 Å². The van der Waals surface area contributed by atoms with Gasteiger partial charge in [0.15, 0.2) is 6.29 Å². The summed E-state index contributed by atoms with van der Waals surface area (Å²) in [5.41, 5.74) is 0.848. The number of ketones is 1. The van der Waals surface area contributed by atoms with Crippen LogP contribution in [0, 0.1) is 28.1 Å². The summed E-state index contributed by atoms with van der Waals surface area (Å²) in [6.07, 6.45) is 3.11. The maximum absolute atomic E-state index is 13.3. The summed E-state index contributed by atoms with van der Waals surface area (Å²) >= 11 is 0. The standard InChI is InChI=1S/C26H40O7/c1-5-24(2)10-8-16-15(12-24)6-7-18-25(16,3)11-9-19(28)26(18,4)14-32-23-22(31)21(30)20(29)17(13-27)33-23/h5-6,16-18,20-23,27,29-31H,1,7-14H2,2-4H3/t16?,17?,18?,20-,21?,22?,23-,24+,25-,26-/m1/s1. The Morgan fingerprint density at radius 2 is 1.91 bits per heavy atom. The van der Waals surface area contributed by atoms with Crippen LogP contribution in [-0.4, -0.2) is 70.1 Å². The highest BCUT2D eigenvalue weighted by Gasteiger charge is 2.59. The highest BCUT2D eigenvalue weighted by molar-refractivity contribution is 5.86. The SMILES string of the molecule is C=C[C@@]1(C)CCC2C(=CCC3[C@]2(C)CCC(=O)[C@]3(C)CO[C@@H]2OC(CO)[C@@H](O)C(O)C2O)C1. The molecule has 4 rings (SSSR count). The third kappa shape index (κ3) is 4.05. The van der Waals surface area contributed by atoms with Crippen LogP contribution in [0.2, 0.25) is 0 Å². The molecule has 10 atom stereocenters. The topological polar surface area (TPSA) is 116 Å². The predicted molar refractivity (Wildman–Crippen MR) is 122 cm³/mol. The summed E-state index contributed by atoms with van der Waals surface area (Å²) in [7, 11) is 0. The third-order valence-electron chi connectivity index (χ3n) is 9.45. The van der Waals surface area contributed by atoms with E-state index in [1.165, 1.54) is 5.57 Å². The van der Waals surface area contributed by atoms with Crippen LogP contribution in [0.3, 0.4) is 0 Å². The molecular weight excluding hydrogens is 424 g/mol. The van der Waals surface area contributed by atoms with E-state index in [0.29, 0.717) is 12.3 Å². The number of carbonyl (C=O) groups is 1. The predicted octanol–water partition coefficient (Wildman–Crippen LogP) is 2.12. The Labute approximate surface area is 196 Å². The summed E-state index contributed by atoms with van der Waals surface area (Å²) in [6.45, 7) is 10.1. The van der Waals surface area contributed by atoms with E-state index in [0.717, 1.165) is 32.1 Å². The number of fused-ring (bicyclic) bond motifs is 3. The first kappa shape index (κ1) is 25.0. The van der Waals surface area contributed by atoms with Gasteiger partial charge in [0.05, 0.1) is 18.6 Å². The van der Waals surface area contributed by atoms with Crippen molar-refractivity contribution in [2.24, 2.45) is 28.1 Å². The van der Waals surface area contributed by atoms with Crippen molar-refractivity contribution >= 4 is 5.78 Å². The number of Topliss-reactive ketones (excluding diaryl/α,β-unsaturated/α-hetero) is 1. The lowest BCUT2D eigenvalue weighted by Crippen LogP contribution is -2.61. The molecule has 7 heteroatoms. The zero-order chi connectivity index (χ0) is 24.2. The molecule has 33 heavy (non-hydrogen) atoms. The van der Waals surface area contributed by atoms with Crippen molar-refractivity contribution in [3.05, 3.63) is 24.3 Å². The Morgan fingerprint density at radius 1 is 1.18 bits per heavy atom. The summed E-state index contributed by atoms with van der Waals surface area (Å²) in [4.78, 5) is 13.3. The fraction of sp³-hybridized carbons (Fsp3) is 0.808. The Bertz CT molecular complexity index is 808. The Hall–Kier alpha value is -1.09. The van der Waals surface area contributed by atoms with Crippen LogP contribution in [0.25, 0.3) is 0 Å². The van der Waals surface area contributed by atoms with Crippen LogP contribution >= 0.6 is 0 Å². The molecule has 4 N–H and O–H groups in total. The fourth-order valence-electron chi connectivity index (χ4n) is 7.10. The second-order valence-corrected chi connectivity index (χ2v) is 11.5. The van der Waals surface area contributed by atoms with Gasteiger partial charge in [0.2, 0.25) is 0 Å². The summed E-state index contributed by atoms with van der Waals surface area (Å²) in [5.74, 6) is 0.681. The first-order chi connectivity index (χ1) is 15.5. The molecule has 0 aromatic carbocycles. The zero-order valence-corrected chi connectivity index (χ0v) is 20.1. The van der Waals surface area contributed by atoms with E-state index in [1.54, 1.807) is 0 Å². The van der Waals surface area contributed by atoms with E-state index in [4.69, 9.17) is 9.47 Å². The van der Waals surface area contributed by atoms with Crippen molar-refractivity contribution in [3.8, 4) is 0 Å². The van der Waals surface area contributed by atoms with Gasteiger partial charge < -0.3 is 29.9 Å². The van der Waals surface area contributed by atoms with Crippen LogP contribution in [-0.2, 0) is 14.3 Å².